The smallest absolute Gasteiger partial charge is 0.237 e. The summed E-state index contributed by atoms with van der Waals surface area (Å²) in [6.07, 6.45) is 1.18. The van der Waals surface area contributed by atoms with Gasteiger partial charge in [0.05, 0.1) is 16.1 Å². The summed E-state index contributed by atoms with van der Waals surface area (Å²) in [4.78, 5) is 12.8. The predicted molar refractivity (Wildman–Crippen MR) is 87.3 cm³/mol. The van der Waals surface area contributed by atoms with Crippen molar-refractivity contribution in [1.29, 1.82) is 0 Å². The van der Waals surface area contributed by atoms with E-state index in [0.717, 1.165) is 15.7 Å². The number of benzene rings is 1. The van der Waals surface area contributed by atoms with E-state index in [1.807, 2.05) is 39.0 Å². The Balaban J connectivity index is 3.07. The summed E-state index contributed by atoms with van der Waals surface area (Å²) in [5, 5.41) is 2.92. The predicted octanol–water partition coefficient (Wildman–Crippen LogP) is 3.79. The number of thiocarbonyl (C=S) groups is 1. The highest BCUT2D eigenvalue weighted by molar-refractivity contribution is 9.10. The van der Waals surface area contributed by atoms with E-state index >= 15 is 0 Å². The van der Waals surface area contributed by atoms with Gasteiger partial charge >= 0.3 is 0 Å². The van der Waals surface area contributed by atoms with E-state index in [1.54, 1.807) is 0 Å². The zero-order valence-electron chi connectivity index (χ0n) is 11.4. The largest absolute Gasteiger partial charge is 0.392 e. The second-order valence-electron chi connectivity index (χ2n) is 4.59. The lowest BCUT2D eigenvalue weighted by atomic mass is 9.81. The average Bonchev–Trinajstić information content (AvgIpc) is 2.35. The van der Waals surface area contributed by atoms with E-state index in [0.29, 0.717) is 12.8 Å². The number of carbonyl (C=O) groups excluding carboxylic acids is 1. The second-order valence-corrected chi connectivity index (χ2v) is 5.89. The summed E-state index contributed by atoms with van der Waals surface area (Å²) >= 11 is 8.51. The molecule has 0 aliphatic rings. The average molecular weight is 343 g/mol. The molecule has 5 heteroatoms. The van der Waals surface area contributed by atoms with Gasteiger partial charge in [-0.05, 0) is 53.4 Å². The molecule has 0 saturated heterocycles. The summed E-state index contributed by atoms with van der Waals surface area (Å²) in [5.74, 6) is -0.142. The third kappa shape index (κ3) is 3.34. The van der Waals surface area contributed by atoms with Crippen molar-refractivity contribution in [2.45, 2.75) is 33.6 Å². The minimum atomic E-state index is -0.779. The second kappa shape index (κ2) is 6.48. The number of nitrogens with one attached hydrogen (secondary N) is 1. The van der Waals surface area contributed by atoms with Crippen LogP contribution in [0.4, 0.5) is 5.69 Å². The minimum Gasteiger partial charge on any atom is -0.392 e. The van der Waals surface area contributed by atoms with Crippen LogP contribution in [-0.4, -0.2) is 10.9 Å². The molecule has 0 atom stereocenters. The van der Waals surface area contributed by atoms with E-state index in [1.165, 1.54) is 0 Å². The van der Waals surface area contributed by atoms with Crippen LogP contribution in [0.25, 0.3) is 0 Å². The quantitative estimate of drug-likeness (QED) is 0.800. The number of rotatable bonds is 5. The zero-order chi connectivity index (χ0) is 14.6. The Morgan fingerprint density at radius 1 is 1.42 bits per heavy atom. The fourth-order valence-electron chi connectivity index (χ4n) is 2.01. The molecule has 1 aromatic rings. The van der Waals surface area contributed by atoms with Crippen LogP contribution in [0.3, 0.4) is 0 Å². The van der Waals surface area contributed by atoms with Crippen molar-refractivity contribution in [3.63, 3.8) is 0 Å². The molecule has 1 aromatic carbocycles. The van der Waals surface area contributed by atoms with Gasteiger partial charge in [-0.25, -0.2) is 0 Å². The van der Waals surface area contributed by atoms with E-state index in [9.17, 15) is 4.79 Å². The van der Waals surface area contributed by atoms with Crippen LogP contribution in [0.5, 0.6) is 0 Å². The van der Waals surface area contributed by atoms with Crippen molar-refractivity contribution < 1.29 is 4.79 Å². The van der Waals surface area contributed by atoms with Gasteiger partial charge in [-0.15, -0.1) is 0 Å². The lowest BCUT2D eigenvalue weighted by Gasteiger charge is -2.29. The fraction of sp³-hybridized carbons (Fsp3) is 0.429. The monoisotopic (exact) mass is 342 g/mol. The molecule has 1 rings (SSSR count). The van der Waals surface area contributed by atoms with Crippen LogP contribution in [0, 0.1) is 12.3 Å². The van der Waals surface area contributed by atoms with Crippen LogP contribution < -0.4 is 11.1 Å². The summed E-state index contributed by atoms with van der Waals surface area (Å²) in [7, 11) is 0. The zero-order valence-corrected chi connectivity index (χ0v) is 13.8. The lowest BCUT2D eigenvalue weighted by molar-refractivity contribution is -0.122. The van der Waals surface area contributed by atoms with Gasteiger partial charge in [0.15, 0.2) is 0 Å². The van der Waals surface area contributed by atoms with Crippen LogP contribution in [0.1, 0.15) is 32.3 Å². The molecule has 1 amide bonds. The first kappa shape index (κ1) is 16.1. The van der Waals surface area contributed by atoms with Crippen molar-refractivity contribution in [2.24, 2.45) is 11.1 Å². The minimum absolute atomic E-state index is 0.142. The highest BCUT2D eigenvalue weighted by Crippen LogP contribution is 2.31. The molecular formula is C14H19BrN2OS. The highest BCUT2D eigenvalue weighted by atomic mass is 79.9. The summed E-state index contributed by atoms with van der Waals surface area (Å²) < 4.78 is 0.843. The standard InChI is InChI=1S/C14H19BrN2OS/c1-4-14(5-2,12(16)19)13(18)17-11-8-9(3)6-7-10(11)15/h6-8H,4-5H2,1-3H3,(H2,16,19)(H,17,18). The number of halogens is 1. The number of carbonyl (C=O) groups is 1. The Kier molecular flexibility index (Phi) is 5.50. The summed E-state index contributed by atoms with van der Waals surface area (Å²) in [6, 6.07) is 5.79. The van der Waals surface area contributed by atoms with Gasteiger partial charge in [0.1, 0.15) is 0 Å². The Hall–Kier alpha value is -0.940. The van der Waals surface area contributed by atoms with Crippen LogP contribution in [-0.2, 0) is 4.79 Å². The molecule has 0 heterocycles. The van der Waals surface area contributed by atoms with E-state index < -0.39 is 5.41 Å². The molecular weight excluding hydrogens is 324 g/mol. The molecule has 0 aromatic heterocycles. The van der Waals surface area contributed by atoms with Gasteiger partial charge < -0.3 is 11.1 Å². The van der Waals surface area contributed by atoms with Crippen molar-refractivity contribution in [3.8, 4) is 0 Å². The number of hydrogen-bond acceptors (Lipinski definition) is 2. The first-order valence-electron chi connectivity index (χ1n) is 6.25. The maximum Gasteiger partial charge on any atom is 0.237 e. The lowest BCUT2D eigenvalue weighted by Crippen LogP contribution is -2.45. The fourth-order valence-corrected chi connectivity index (χ4v) is 2.74. The Bertz CT molecular complexity index is 498. The molecule has 0 saturated carbocycles. The summed E-state index contributed by atoms with van der Waals surface area (Å²) in [6.45, 7) is 5.82. The van der Waals surface area contributed by atoms with Gasteiger partial charge in [-0.3, -0.25) is 4.79 Å². The van der Waals surface area contributed by atoms with Gasteiger partial charge in [0.2, 0.25) is 5.91 Å². The maximum atomic E-state index is 12.5. The number of amides is 1. The molecule has 0 aliphatic heterocycles. The Labute approximate surface area is 128 Å². The van der Waals surface area contributed by atoms with Crippen molar-refractivity contribution in [1.82, 2.24) is 0 Å². The van der Waals surface area contributed by atoms with Gasteiger partial charge in [0.25, 0.3) is 0 Å². The number of anilines is 1. The molecule has 0 unspecified atom stereocenters. The normalized spacial score (nSPS) is 11.2. The highest BCUT2D eigenvalue weighted by Gasteiger charge is 2.38. The molecule has 0 aliphatic carbocycles. The first-order valence-corrected chi connectivity index (χ1v) is 7.45. The molecule has 19 heavy (non-hydrogen) atoms. The van der Waals surface area contributed by atoms with Crippen LogP contribution in [0.15, 0.2) is 22.7 Å². The topological polar surface area (TPSA) is 55.1 Å². The van der Waals surface area contributed by atoms with Crippen molar-refractivity contribution in [2.75, 3.05) is 5.32 Å². The van der Waals surface area contributed by atoms with Gasteiger partial charge in [0, 0.05) is 4.47 Å². The van der Waals surface area contributed by atoms with Gasteiger partial charge in [-0.1, -0.05) is 32.1 Å². The third-order valence-corrected chi connectivity index (χ3v) is 4.57. The van der Waals surface area contributed by atoms with Crippen molar-refractivity contribution >= 4 is 44.7 Å². The molecule has 0 radical (unpaired) electrons. The summed E-state index contributed by atoms with van der Waals surface area (Å²) in [5.41, 5.74) is 6.81. The third-order valence-electron chi connectivity index (χ3n) is 3.48. The Morgan fingerprint density at radius 2 is 2.00 bits per heavy atom. The van der Waals surface area contributed by atoms with Gasteiger partial charge in [-0.2, -0.15) is 0 Å². The van der Waals surface area contributed by atoms with Crippen LogP contribution >= 0.6 is 28.1 Å². The number of aryl methyl sites for hydroxylation is 1. The first-order chi connectivity index (χ1) is 8.87. The molecule has 3 nitrogen and oxygen atoms in total. The van der Waals surface area contributed by atoms with E-state index in [2.05, 4.69) is 21.2 Å². The van der Waals surface area contributed by atoms with E-state index in [-0.39, 0.29) is 10.9 Å². The van der Waals surface area contributed by atoms with Crippen LogP contribution in [0.2, 0.25) is 0 Å². The molecule has 3 N–H and O–H groups in total. The maximum absolute atomic E-state index is 12.5. The van der Waals surface area contributed by atoms with Crippen molar-refractivity contribution in [3.05, 3.63) is 28.2 Å². The Morgan fingerprint density at radius 3 is 2.47 bits per heavy atom. The SMILES string of the molecule is CCC(CC)(C(=O)Nc1cc(C)ccc1Br)C(N)=S. The molecule has 0 fully saturated rings. The van der Waals surface area contributed by atoms with E-state index in [4.69, 9.17) is 18.0 Å². The number of nitrogens with two attached hydrogens (primary N) is 1. The number of hydrogen-bond donors (Lipinski definition) is 2. The molecule has 104 valence electrons. The molecule has 0 spiro atoms. The molecule has 0 bridgehead atoms.